The first-order chi connectivity index (χ1) is 13.7. The predicted molar refractivity (Wildman–Crippen MR) is 100 cm³/mol. The van der Waals surface area contributed by atoms with E-state index in [4.69, 9.17) is 0 Å². The van der Waals surface area contributed by atoms with Crippen LogP contribution in [0.2, 0.25) is 0 Å². The highest BCUT2D eigenvalue weighted by molar-refractivity contribution is 6.04. The summed E-state index contributed by atoms with van der Waals surface area (Å²) in [4.78, 5) is 16.4. The highest BCUT2D eigenvalue weighted by atomic mass is 19.4. The van der Waals surface area contributed by atoms with Crippen LogP contribution in [0.1, 0.15) is 22.8 Å². The third kappa shape index (κ3) is 4.84. The maximum absolute atomic E-state index is 14.6. The second-order valence-corrected chi connectivity index (χ2v) is 6.73. The summed E-state index contributed by atoms with van der Waals surface area (Å²) in [5, 5.41) is 2.08. The van der Waals surface area contributed by atoms with Gasteiger partial charge < -0.3 is 15.1 Å². The molecular formula is C20H20F5N3O. The number of nitrogens with one attached hydrogen (secondary N) is 1. The second kappa shape index (κ2) is 8.36. The third-order valence-corrected chi connectivity index (χ3v) is 4.91. The Labute approximate surface area is 164 Å². The molecule has 2 aromatic rings. The number of halogens is 5. The quantitative estimate of drug-likeness (QED) is 0.756. The van der Waals surface area contributed by atoms with Gasteiger partial charge >= 0.3 is 6.18 Å². The van der Waals surface area contributed by atoms with Gasteiger partial charge in [0.15, 0.2) is 0 Å². The molecule has 1 N–H and O–H groups in total. The van der Waals surface area contributed by atoms with E-state index in [9.17, 15) is 26.7 Å². The molecule has 0 aromatic heterocycles. The molecule has 1 amide bonds. The number of rotatable bonds is 4. The number of carbonyl (C=O) groups excluding carboxylic acids is 1. The Kier molecular flexibility index (Phi) is 6.07. The topological polar surface area (TPSA) is 35.6 Å². The lowest BCUT2D eigenvalue weighted by atomic mass is 10.1. The molecule has 1 heterocycles. The average molecular weight is 413 g/mol. The van der Waals surface area contributed by atoms with Crippen LogP contribution in [0.5, 0.6) is 0 Å². The number of carbonyl (C=O) groups is 1. The lowest BCUT2D eigenvalue weighted by Gasteiger charge is -2.35. The van der Waals surface area contributed by atoms with Crippen molar-refractivity contribution in [1.29, 1.82) is 0 Å². The van der Waals surface area contributed by atoms with E-state index < -0.39 is 35.0 Å². The molecule has 29 heavy (non-hydrogen) atoms. The summed E-state index contributed by atoms with van der Waals surface area (Å²) < 4.78 is 66.7. The van der Waals surface area contributed by atoms with E-state index in [0.29, 0.717) is 37.0 Å². The summed E-state index contributed by atoms with van der Waals surface area (Å²) in [6.45, 7) is 5.86. The molecule has 1 fully saturated rings. The minimum atomic E-state index is -4.68. The van der Waals surface area contributed by atoms with Gasteiger partial charge in [0.05, 0.1) is 16.9 Å². The summed E-state index contributed by atoms with van der Waals surface area (Å²) in [5.74, 6) is -2.53. The molecule has 0 radical (unpaired) electrons. The van der Waals surface area contributed by atoms with Gasteiger partial charge in [0, 0.05) is 31.7 Å². The van der Waals surface area contributed by atoms with Gasteiger partial charge in [-0.2, -0.15) is 13.2 Å². The van der Waals surface area contributed by atoms with E-state index in [2.05, 4.69) is 17.1 Å². The maximum Gasteiger partial charge on any atom is 0.416 e. The third-order valence-electron chi connectivity index (χ3n) is 4.91. The summed E-state index contributed by atoms with van der Waals surface area (Å²) in [5.41, 5.74) is -1.48. The van der Waals surface area contributed by atoms with Crippen molar-refractivity contribution in [2.75, 3.05) is 42.9 Å². The van der Waals surface area contributed by atoms with Crippen LogP contribution in [0.25, 0.3) is 0 Å². The molecule has 2 aromatic carbocycles. The zero-order valence-electron chi connectivity index (χ0n) is 15.7. The van der Waals surface area contributed by atoms with Gasteiger partial charge in [0.2, 0.25) is 0 Å². The van der Waals surface area contributed by atoms with E-state index >= 15 is 0 Å². The fraction of sp³-hybridized carbons (Fsp3) is 0.350. The molecule has 9 heteroatoms. The van der Waals surface area contributed by atoms with Gasteiger partial charge in [-0.25, -0.2) is 8.78 Å². The molecule has 0 atom stereocenters. The molecule has 3 rings (SSSR count). The molecule has 4 nitrogen and oxygen atoms in total. The molecule has 1 aliphatic rings. The van der Waals surface area contributed by atoms with Crippen LogP contribution in [0.4, 0.5) is 33.3 Å². The Morgan fingerprint density at radius 1 is 1.00 bits per heavy atom. The number of piperazine rings is 1. The number of alkyl halides is 3. The van der Waals surface area contributed by atoms with Crippen molar-refractivity contribution in [3.8, 4) is 0 Å². The van der Waals surface area contributed by atoms with Crippen LogP contribution in [-0.4, -0.2) is 43.5 Å². The molecule has 0 aliphatic carbocycles. The fourth-order valence-corrected chi connectivity index (χ4v) is 3.20. The lowest BCUT2D eigenvalue weighted by molar-refractivity contribution is -0.137. The number of likely N-dealkylation sites (N-methyl/N-ethyl adjacent to an activating group) is 1. The Morgan fingerprint density at radius 3 is 2.28 bits per heavy atom. The molecular weight excluding hydrogens is 393 g/mol. The zero-order valence-corrected chi connectivity index (χ0v) is 15.7. The van der Waals surface area contributed by atoms with Crippen molar-refractivity contribution in [1.82, 2.24) is 4.90 Å². The van der Waals surface area contributed by atoms with Crippen LogP contribution in [0, 0.1) is 11.6 Å². The minimum absolute atomic E-state index is 0.116. The first kappa shape index (κ1) is 21.0. The van der Waals surface area contributed by atoms with Gasteiger partial charge in [0.25, 0.3) is 5.91 Å². The Balaban J connectivity index is 1.75. The van der Waals surface area contributed by atoms with Gasteiger partial charge in [-0.15, -0.1) is 0 Å². The monoisotopic (exact) mass is 413 g/mol. The first-order valence-electron chi connectivity index (χ1n) is 9.14. The van der Waals surface area contributed by atoms with Crippen molar-refractivity contribution < 1.29 is 26.7 Å². The highest BCUT2D eigenvalue weighted by Gasteiger charge is 2.31. The molecule has 156 valence electrons. The molecule has 0 saturated carbocycles. The van der Waals surface area contributed by atoms with Crippen LogP contribution in [0.15, 0.2) is 36.4 Å². The van der Waals surface area contributed by atoms with Crippen LogP contribution in [0.3, 0.4) is 0 Å². The van der Waals surface area contributed by atoms with E-state index in [0.717, 1.165) is 25.7 Å². The molecule has 0 bridgehead atoms. The van der Waals surface area contributed by atoms with Gasteiger partial charge in [0.1, 0.15) is 11.6 Å². The summed E-state index contributed by atoms with van der Waals surface area (Å²) in [6, 6.07) is 5.53. The van der Waals surface area contributed by atoms with E-state index in [1.807, 2.05) is 4.90 Å². The van der Waals surface area contributed by atoms with Crippen molar-refractivity contribution >= 4 is 17.3 Å². The van der Waals surface area contributed by atoms with Crippen molar-refractivity contribution in [2.45, 2.75) is 13.1 Å². The maximum atomic E-state index is 14.6. The second-order valence-electron chi connectivity index (χ2n) is 6.73. The standard InChI is InChI=1S/C20H20F5N3O/c1-2-27-7-9-28(10-8-27)18-6-3-13(11-16(18)22)19(29)26-17-12-14(20(23,24)25)4-5-15(17)21/h3-6,11-12H,2,7-10H2,1H3,(H,26,29). The normalized spacial score (nSPS) is 15.4. The fourth-order valence-electron chi connectivity index (χ4n) is 3.20. The lowest BCUT2D eigenvalue weighted by Crippen LogP contribution is -2.46. The smallest absolute Gasteiger partial charge is 0.367 e. The Bertz CT molecular complexity index is 892. The Morgan fingerprint density at radius 2 is 1.69 bits per heavy atom. The number of hydrogen-bond donors (Lipinski definition) is 1. The minimum Gasteiger partial charge on any atom is -0.367 e. The van der Waals surface area contributed by atoms with Crippen LogP contribution >= 0.6 is 0 Å². The van der Waals surface area contributed by atoms with E-state index in [-0.39, 0.29) is 5.56 Å². The molecule has 1 saturated heterocycles. The largest absolute Gasteiger partial charge is 0.416 e. The zero-order chi connectivity index (χ0) is 21.2. The number of amides is 1. The van der Waals surface area contributed by atoms with Crippen LogP contribution < -0.4 is 10.2 Å². The molecule has 0 spiro atoms. The summed E-state index contributed by atoms with van der Waals surface area (Å²) in [6.07, 6.45) is -4.68. The average Bonchev–Trinajstić information content (AvgIpc) is 2.68. The summed E-state index contributed by atoms with van der Waals surface area (Å²) in [7, 11) is 0. The number of anilines is 2. The molecule has 0 unspecified atom stereocenters. The molecule has 1 aliphatic heterocycles. The highest BCUT2D eigenvalue weighted by Crippen LogP contribution is 2.32. The van der Waals surface area contributed by atoms with E-state index in [1.54, 1.807) is 0 Å². The first-order valence-corrected chi connectivity index (χ1v) is 9.14. The van der Waals surface area contributed by atoms with Crippen molar-refractivity contribution in [3.05, 3.63) is 59.2 Å². The van der Waals surface area contributed by atoms with Gasteiger partial charge in [-0.1, -0.05) is 6.92 Å². The van der Waals surface area contributed by atoms with Crippen molar-refractivity contribution in [2.24, 2.45) is 0 Å². The SMILES string of the molecule is CCN1CCN(c2ccc(C(=O)Nc3cc(C(F)(F)F)ccc3F)cc2F)CC1. The summed E-state index contributed by atoms with van der Waals surface area (Å²) >= 11 is 0. The van der Waals surface area contributed by atoms with Gasteiger partial charge in [-0.05, 0) is 42.9 Å². The number of nitrogens with zero attached hydrogens (tertiary/aromatic N) is 2. The predicted octanol–water partition coefficient (Wildman–Crippen LogP) is 4.38. The van der Waals surface area contributed by atoms with Crippen molar-refractivity contribution in [3.63, 3.8) is 0 Å². The van der Waals surface area contributed by atoms with Crippen LogP contribution in [-0.2, 0) is 6.18 Å². The van der Waals surface area contributed by atoms with Gasteiger partial charge in [-0.3, -0.25) is 4.79 Å². The number of hydrogen-bond acceptors (Lipinski definition) is 3. The number of benzene rings is 2. The van der Waals surface area contributed by atoms with E-state index in [1.165, 1.54) is 12.1 Å². The Hall–Kier alpha value is -2.68.